The number of hydrogen-bond acceptors (Lipinski definition) is 14. The van der Waals surface area contributed by atoms with E-state index in [-0.39, 0.29) is 96.8 Å². The summed E-state index contributed by atoms with van der Waals surface area (Å²) in [4.78, 5) is 0. The molecule has 0 spiro atoms. The Hall–Kier alpha value is -0.0494. The highest BCUT2D eigenvalue weighted by Gasteiger charge is 2.34. The topological polar surface area (TPSA) is 345 Å². The summed E-state index contributed by atoms with van der Waals surface area (Å²) in [7, 11) is -31.3. The Morgan fingerprint density at radius 3 is 0.695 bits per heavy atom. The minimum absolute atomic E-state index is 0.0253. The fourth-order valence-corrected chi connectivity index (χ4v) is 15.0. The zero-order valence-corrected chi connectivity index (χ0v) is 42.1. The molecule has 0 aliphatic heterocycles. The van der Waals surface area contributed by atoms with Crippen LogP contribution < -0.4 is 0 Å². The van der Waals surface area contributed by atoms with Gasteiger partial charge in [0.25, 0.3) is 60.7 Å². The molecule has 0 aromatic carbocycles. The molecule has 0 bridgehead atoms. The van der Waals surface area contributed by atoms with E-state index < -0.39 is 112 Å². The fourth-order valence-electron chi connectivity index (χ4n) is 6.86. The predicted octanol–water partition coefficient (Wildman–Crippen LogP) is 1.05. The molecule has 354 valence electrons. The maximum Gasteiger partial charge on any atom is 0.410 e. The van der Waals surface area contributed by atoms with E-state index in [0.29, 0.717) is 38.0 Å². The molecule has 0 aliphatic carbocycles. The van der Waals surface area contributed by atoms with Crippen LogP contribution in [-0.2, 0) is 68.9 Å². The summed E-state index contributed by atoms with van der Waals surface area (Å²) in [6, 6.07) is 1.10. The van der Waals surface area contributed by atoms with Crippen LogP contribution >= 0.6 is 0 Å². The van der Waals surface area contributed by atoms with Crippen molar-refractivity contribution in [2.75, 3.05) is 86.9 Å². The van der Waals surface area contributed by atoms with Gasteiger partial charge in [-0.3, -0.25) is 27.3 Å². The van der Waals surface area contributed by atoms with Gasteiger partial charge in [0.05, 0.1) is 86.9 Å². The van der Waals surface area contributed by atoms with Crippen LogP contribution in [0.2, 0.25) is 38.3 Å². The monoisotopic (exact) mass is 1030 g/mol. The van der Waals surface area contributed by atoms with Crippen molar-refractivity contribution in [2.45, 2.75) is 89.6 Å². The van der Waals surface area contributed by atoms with Crippen molar-refractivity contribution in [3.05, 3.63) is 0 Å². The van der Waals surface area contributed by atoms with Gasteiger partial charge in [0.2, 0.25) is 0 Å². The summed E-state index contributed by atoms with van der Waals surface area (Å²) < 4.78 is 206. The summed E-state index contributed by atoms with van der Waals surface area (Å²) in [6.07, 6.45) is 0.822. The maximum absolute atomic E-state index is 11.5. The average molecular weight is 1030 g/mol. The van der Waals surface area contributed by atoms with Gasteiger partial charge in [-0.05, 0) is 51.1 Å². The molecule has 2 radical (unpaired) electrons. The molecular weight excluding hydrogens is 961 g/mol. The second-order valence-electron chi connectivity index (χ2n) is 16.3. The summed E-state index contributed by atoms with van der Waals surface area (Å²) >= 11 is 0. The van der Waals surface area contributed by atoms with E-state index in [4.69, 9.17) is 8.23 Å². The lowest BCUT2D eigenvalue weighted by atomic mass is 10.2. The molecule has 0 heterocycles. The lowest BCUT2D eigenvalue weighted by Gasteiger charge is -2.40. The molecule has 59 heavy (non-hydrogen) atoms. The highest BCUT2D eigenvalue weighted by Crippen LogP contribution is 2.23. The minimum atomic E-state index is -4.33. The van der Waals surface area contributed by atoms with E-state index in [1.54, 1.807) is 0 Å². The van der Waals surface area contributed by atoms with Crippen molar-refractivity contribution < 1.29 is 95.0 Å². The molecule has 0 aromatic heterocycles. The zero-order chi connectivity index (χ0) is 46.1. The van der Waals surface area contributed by atoms with E-state index in [9.17, 15) is 77.8 Å². The van der Waals surface area contributed by atoms with Gasteiger partial charge in [0.15, 0.2) is 16.6 Å². The van der Waals surface area contributed by atoms with Gasteiger partial charge in [0, 0.05) is 38.5 Å². The standard InChI is InChI=1S/C28H64N2O20S6Si3/c1-58(2,27-11-19-29(13-5-21-51(31,32)33,14-6-22-52(34,35)36)15-7-23-53(37,38)39)49-57-50-59(3,4)28-12-20-30(16-8-24-54(40,41)42,17-9-25-55(43,44)45)18-10-26-56(46,47)48/h5-28H2,1-4H3,(H4-2,31,32,33,34,35,36,37,38,39,40,41,42,43,44,45,46,47,48)/p+2. The first-order valence-corrected chi connectivity index (χ1v) is 35.6. The lowest BCUT2D eigenvalue weighted by Crippen LogP contribution is -2.52. The van der Waals surface area contributed by atoms with Gasteiger partial charge in [0.1, 0.15) is 0 Å². The summed E-state index contributed by atoms with van der Waals surface area (Å²) in [5, 5.41) is 0. The SMILES string of the molecule is C[Si](C)(CCC[N+](CCCS(=O)(=O)O)(CCCS(=O)(=O)O)CCCS(=O)(=O)O)O[Si]O[Si](C)(C)CCC[N+](CCCS(=O)(=O)O)(CCCS(=O)(=O)O)CCCS(=O)(=O)O. The van der Waals surface area contributed by atoms with Crippen molar-refractivity contribution in [1.82, 2.24) is 0 Å². The molecule has 0 fully saturated rings. The van der Waals surface area contributed by atoms with E-state index in [2.05, 4.69) is 0 Å². The molecule has 0 aromatic rings. The molecule has 31 heteroatoms. The van der Waals surface area contributed by atoms with Crippen LogP contribution in [-0.4, -0.2) is 200 Å². The molecule has 6 N–H and O–H groups in total. The van der Waals surface area contributed by atoms with Gasteiger partial charge in [-0.2, -0.15) is 50.5 Å². The van der Waals surface area contributed by atoms with Crippen molar-refractivity contribution in [1.29, 1.82) is 0 Å². The Bertz CT molecular complexity index is 1620. The molecule has 0 saturated heterocycles. The van der Waals surface area contributed by atoms with E-state index in [1.165, 1.54) is 0 Å². The second-order valence-corrected chi connectivity index (χ2v) is 35.6. The van der Waals surface area contributed by atoms with Gasteiger partial charge in [-0.1, -0.05) is 0 Å². The Kier molecular flexibility index (Phi) is 24.8. The second kappa shape index (κ2) is 24.9. The maximum atomic E-state index is 11.5. The number of nitrogens with zero attached hydrogens (tertiary/aromatic N) is 2. The molecule has 0 rings (SSSR count). The number of rotatable bonds is 36. The van der Waals surface area contributed by atoms with Crippen LogP contribution in [0.25, 0.3) is 0 Å². The highest BCUT2D eigenvalue weighted by atomic mass is 32.2. The zero-order valence-electron chi connectivity index (χ0n) is 34.2. The molecule has 0 aliphatic rings. The van der Waals surface area contributed by atoms with Crippen molar-refractivity contribution >= 4 is 87.4 Å². The van der Waals surface area contributed by atoms with Crippen molar-refractivity contribution in [3.63, 3.8) is 0 Å². The first-order valence-electron chi connectivity index (χ1n) is 18.9. The largest absolute Gasteiger partial charge is 0.435 e. The Labute approximate surface area is 356 Å². The third-order valence-electron chi connectivity index (χ3n) is 9.67. The molecular formula is C28H66N2O20S6Si3+2. The van der Waals surface area contributed by atoms with Gasteiger partial charge < -0.3 is 17.2 Å². The lowest BCUT2D eigenvalue weighted by molar-refractivity contribution is -0.928. The predicted molar refractivity (Wildman–Crippen MR) is 227 cm³/mol. The van der Waals surface area contributed by atoms with Gasteiger partial charge >= 0.3 is 10.0 Å². The van der Waals surface area contributed by atoms with Crippen LogP contribution in [0.5, 0.6) is 0 Å². The third-order valence-corrected chi connectivity index (χ3v) is 22.7. The number of hydrogen-bond donors (Lipinski definition) is 6. The molecule has 0 saturated carbocycles. The quantitative estimate of drug-likeness (QED) is 0.0290. The van der Waals surface area contributed by atoms with Gasteiger partial charge in [-0.15, -0.1) is 0 Å². The Balaban J connectivity index is 5.80. The van der Waals surface area contributed by atoms with Crippen molar-refractivity contribution in [2.24, 2.45) is 0 Å². The fraction of sp³-hybridized carbons (Fsp3) is 1.00. The summed E-state index contributed by atoms with van der Waals surface area (Å²) in [5.41, 5.74) is 0. The first kappa shape index (κ1) is 59.0. The first-order chi connectivity index (χ1) is 26.4. The Morgan fingerprint density at radius 1 is 0.356 bits per heavy atom. The highest BCUT2D eigenvalue weighted by molar-refractivity contribution is 7.86. The normalized spacial score (nSPS) is 14.5. The summed E-state index contributed by atoms with van der Waals surface area (Å²) in [5.74, 6) is -3.49. The smallest absolute Gasteiger partial charge is 0.410 e. The third kappa shape index (κ3) is 35.0. The van der Waals surface area contributed by atoms with Gasteiger partial charge in [-0.25, -0.2) is 0 Å². The molecule has 0 atom stereocenters. The number of quaternary nitrogens is 2. The van der Waals surface area contributed by atoms with E-state index >= 15 is 0 Å². The summed E-state index contributed by atoms with van der Waals surface area (Å²) in [6.45, 7) is 9.24. The minimum Gasteiger partial charge on any atom is -0.435 e. The van der Waals surface area contributed by atoms with Crippen LogP contribution in [0, 0.1) is 0 Å². The van der Waals surface area contributed by atoms with Crippen LogP contribution in [0.4, 0.5) is 0 Å². The van der Waals surface area contributed by atoms with Crippen LogP contribution in [0.1, 0.15) is 51.4 Å². The average Bonchev–Trinajstić information content (AvgIpc) is 2.96. The molecule has 0 unspecified atom stereocenters. The van der Waals surface area contributed by atoms with Crippen LogP contribution in [0.3, 0.4) is 0 Å². The van der Waals surface area contributed by atoms with Crippen molar-refractivity contribution in [3.8, 4) is 0 Å². The van der Waals surface area contributed by atoms with E-state index in [0.717, 1.165) is 0 Å². The molecule has 22 nitrogen and oxygen atoms in total. The van der Waals surface area contributed by atoms with E-state index in [1.807, 2.05) is 26.2 Å². The van der Waals surface area contributed by atoms with Crippen LogP contribution in [0.15, 0.2) is 0 Å². The molecule has 0 amide bonds. The Morgan fingerprint density at radius 2 is 0.525 bits per heavy atom.